The quantitative estimate of drug-likeness (QED) is 0.528. The van der Waals surface area contributed by atoms with Crippen LogP contribution in [0.15, 0.2) is 21.8 Å². The van der Waals surface area contributed by atoms with Crippen molar-refractivity contribution in [3.05, 3.63) is 22.4 Å². The van der Waals surface area contributed by atoms with Crippen molar-refractivity contribution < 1.29 is 9.53 Å². The zero-order chi connectivity index (χ0) is 21.7. The SMILES string of the molecule is CN=C(NCC(C)c1ccsc1)N1CCC(N(CC2CC2)C(=O)OC(C)(C)C)CC1. The lowest BCUT2D eigenvalue weighted by Gasteiger charge is -2.40. The van der Waals surface area contributed by atoms with Crippen LogP contribution in [0.5, 0.6) is 0 Å². The molecule has 0 spiro atoms. The highest BCUT2D eigenvalue weighted by Crippen LogP contribution is 2.32. The van der Waals surface area contributed by atoms with Gasteiger partial charge in [-0.25, -0.2) is 4.79 Å². The van der Waals surface area contributed by atoms with Crippen molar-refractivity contribution in [1.82, 2.24) is 15.1 Å². The van der Waals surface area contributed by atoms with Crippen LogP contribution in [-0.4, -0.2) is 66.7 Å². The average Bonchev–Trinajstić information content (AvgIpc) is 3.35. The van der Waals surface area contributed by atoms with E-state index in [4.69, 9.17) is 4.74 Å². The zero-order valence-electron chi connectivity index (χ0n) is 19.2. The summed E-state index contributed by atoms with van der Waals surface area (Å²) in [7, 11) is 1.85. The van der Waals surface area contributed by atoms with E-state index in [1.54, 1.807) is 11.3 Å². The van der Waals surface area contributed by atoms with E-state index in [9.17, 15) is 4.79 Å². The summed E-state index contributed by atoms with van der Waals surface area (Å²) < 4.78 is 5.72. The maximum Gasteiger partial charge on any atom is 0.410 e. The highest BCUT2D eigenvalue weighted by Gasteiger charge is 2.35. The molecule has 1 unspecified atom stereocenters. The van der Waals surface area contributed by atoms with E-state index >= 15 is 0 Å². The first-order valence-corrected chi connectivity index (χ1v) is 12.2. The monoisotopic (exact) mass is 434 g/mol. The lowest BCUT2D eigenvalue weighted by Crippen LogP contribution is -2.52. The number of likely N-dealkylation sites (tertiary alicyclic amines) is 1. The topological polar surface area (TPSA) is 57.2 Å². The van der Waals surface area contributed by atoms with Gasteiger partial charge in [0.25, 0.3) is 0 Å². The third kappa shape index (κ3) is 6.62. The van der Waals surface area contributed by atoms with Gasteiger partial charge in [0.2, 0.25) is 0 Å². The number of piperidine rings is 1. The lowest BCUT2D eigenvalue weighted by atomic mass is 10.0. The summed E-state index contributed by atoms with van der Waals surface area (Å²) in [6, 6.07) is 2.44. The third-order valence-electron chi connectivity index (χ3n) is 5.87. The Morgan fingerprint density at radius 1 is 1.33 bits per heavy atom. The molecule has 2 heterocycles. The van der Waals surface area contributed by atoms with Crippen LogP contribution in [0.2, 0.25) is 0 Å². The summed E-state index contributed by atoms with van der Waals surface area (Å²) in [5.74, 6) is 2.07. The highest BCUT2D eigenvalue weighted by molar-refractivity contribution is 7.07. The van der Waals surface area contributed by atoms with E-state index < -0.39 is 5.60 Å². The van der Waals surface area contributed by atoms with Crippen molar-refractivity contribution in [3.63, 3.8) is 0 Å². The molecule has 0 aromatic carbocycles. The Bertz CT molecular complexity index is 701. The van der Waals surface area contributed by atoms with Gasteiger partial charge in [-0.2, -0.15) is 11.3 Å². The Balaban J connectivity index is 1.52. The number of guanidine groups is 1. The molecule has 1 atom stereocenters. The Morgan fingerprint density at radius 2 is 2.03 bits per heavy atom. The maximum absolute atomic E-state index is 12.8. The van der Waals surface area contributed by atoms with Gasteiger partial charge in [0.05, 0.1) is 0 Å². The smallest absolute Gasteiger partial charge is 0.410 e. The van der Waals surface area contributed by atoms with E-state index in [1.807, 2.05) is 32.7 Å². The van der Waals surface area contributed by atoms with Crippen LogP contribution in [0, 0.1) is 5.92 Å². The number of amides is 1. The molecule has 6 nitrogen and oxygen atoms in total. The first-order valence-electron chi connectivity index (χ1n) is 11.2. The van der Waals surface area contributed by atoms with Gasteiger partial charge < -0.3 is 19.9 Å². The van der Waals surface area contributed by atoms with Crippen molar-refractivity contribution in [3.8, 4) is 0 Å². The number of aliphatic imine (C=N–C) groups is 1. The number of thiophene rings is 1. The molecule has 2 aliphatic rings. The summed E-state index contributed by atoms with van der Waals surface area (Å²) in [6.07, 6.45) is 4.22. The predicted octanol–water partition coefficient (Wildman–Crippen LogP) is 4.54. The summed E-state index contributed by atoms with van der Waals surface area (Å²) in [4.78, 5) is 21.7. The number of hydrogen-bond donors (Lipinski definition) is 1. The number of rotatable bonds is 6. The van der Waals surface area contributed by atoms with Gasteiger partial charge in [-0.1, -0.05) is 6.92 Å². The second kappa shape index (κ2) is 10.0. The molecule has 1 aliphatic carbocycles. The fourth-order valence-electron chi connectivity index (χ4n) is 3.91. The Labute approximate surface area is 185 Å². The summed E-state index contributed by atoms with van der Waals surface area (Å²) in [5.41, 5.74) is 0.916. The average molecular weight is 435 g/mol. The summed E-state index contributed by atoms with van der Waals surface area (Å²) >= 11 is 1.74. The largest absolute Gasteiger partial charge is 0.444 e. The second-order valence-electron chi connectivity index (χ2n) is 9.68. The molecular weight excluding hydrogens is 396 g/mol. The normalized spacial score (nSPS) is 19.5. The number of carbonyl (C=O) groups is 1. The second-order valence-corrected chi connectivity index (χ2v) is 10.5. The standard InChI is InChI=1S/C23H38N4O2S/c1-17(19-10-13-30-16-19)14-25-21(24-5)26-11-8-20(9-12-26)27(15-18-6-7-18)22(28)29-23(2,3)4/h10,13,16-18,20H,6-9,11-12,14-15H2,1-5H3,(H,24,25). The molecule has 1 saturated carbocycles. The maximum atomic E-state index is 12.8. The molecule has 1 saturated heterocycles. The van der Waals surface area contributed by atoms with Crippen LogP contribution in [0.3, 0.4) is 0 Å². The van der Waals surface area contributed by atoms with Gasteiger partial charge in [0, 0.05) is 39.3 Å². The van der Waals surface area contributed by atoms with Crippen LogP contribution in [0.4, 0.5) is 4.79 Å². The van der Waals surface area contributed by atoms with Crippen molar-refractivity contribution >= 4 is 23.4 Å². The molecule has 1 amide bonds. The molecule has 7 heteroatoms. The number of nitrogens with one attached hydrogen (secondary N) is 1. The molecule has 3 rings (SSSR count). The number of hydrogen-bond acceptors (Lipinski definition) is 4. The van der Waals surface area contributed by atoms with Gasteiger partial charge in [-0.3, -0.25) is 4.99 Å². The molecule has 1 aromatic heterocycles. The van der Waals surface area contributed by atoms with Crippen molar-refractivity contribution in [1.29, 1.82) is 0 Å². The minimum Gasteiger partial charge on any atom is -0.444 e. The van der Waals surface area contributed by atoms with Crippen LogP contribution >= 0.6 is 11.3 Å². The van der Waals surface area contributed by atoms with Crippen LogP contribution < -0.4 is 5.32 Å². The fraction of sp³-hybridized carbons (Fsp3) is 0.739. The Hall–Kier alpha value is -1.76. The van der Waals surface area contributed by atoms with Crippen molar-refractivity contribution in [2.75, 3.05) is 33.2 Å². The molecular formula is C23H38N4O2S. The van der Waals surface area contributed by atoms with Gasteiger partial charge in [-0.15, -0.1) is 0 Å². The molecule has 1 aromatic rings. The van der Waals surface area contributed by atoms with Gasteiger partial charge >= 0.3 is 6.09 Å². The highest BCUT2D eigenvalue weighted by atomic mass is 32.1. The van der Waals surface area contributed by atoms with Crippen LogP contribution in [0.1, 0.15) is 64.9 Å². The van der Waals surface area contributed by atoms with E-state index in [1.165, 1.54) is 18.4 Å². The molecule has 0 bridgehead atoms. The summed E-state index contributed by atoms with van der Waals surface area (Å²) in [5, 5.41) is 7.89. The number of carbonyl (C=O) groups excluding carboxylic acids is 1. The van der Waals surface area contributed by atoms with Gasteiger partial charge in [0.1, 0.15) is 5.60 Å². The molecule has 1 N–H and O–H groups in total. The summed E-state index contributed by atoms with van der Waals surface area (Å²) in [6.45, 7) is 11.6. The first-order chi connectivity index (χ1) is 14.3. The van der Waals surface area contributed by atoms with Crippen LogP contribution in [-0.2, 0) is 4.74 Å². The van der Waals surface area contributed by atoms with Crippen molar-refractivity contribution in [2.45, 2.75) is 70.9 Å². The number of nitrogens with zero attached hydrogens (tertiary/aromatic N) is 3. The van der Waals surface area contributed by atoms with Gasteiger partial charge in [0.15, 0.2) is 5.96 Å². The van der Waals surface area contributed by atoms with Crippen LogP contribution in [0.25, 0.3) is 0 Å². The first kappa shape index (κ1) is 22.9. The van der Waals surface area contributed by atoms with E-state index in [0.717, 1.165) is 45.0 Å². The van der Waals surface area contributed by atoms with E-state index in [-0.39, 0.29) is 12.1 Å². The minimum atomic E-state index is -0.454. The Morgan fingerprint density at radius 3 is 2.57 bits per heavy atom. The van der Waals surface area contributed by atoms with Crippen molar-refractivity contribution in [2.24, 2.45) is 10.9 Å². The fourth-order valence-corrected chi connectivity index (χ4v) is 4.69. The predicted molar refractivity (Wildman–Crippen MR) is 124 cm³/mol. The number of ether oxygens (including phenoxy) is 1. The Kier molecular flexibility index (Phi) is 7.66. The third-order valence-corrected chi connectivity index (χ3v) is 6.58. The van der Waals surface area contributed by atoms with E-state index in [2.05, 4.69) is 39.0 Å². The lowest BCUT2D eigenvalue weighted by molar-refractivity contribution is 0.00928. The molecule has 2 fully saturated rings. The molecule has 168 valence electrons. The minimum absolute atomic E-state index is 0.153. The molecule has 1 aliphatic heterocycles. The zero-order valence-corrected chi connectivity index (χ0v) is 20.0. The van der Waals surface area contributed by atoms with Gasteiger partial charge in [-0.05, 0) is 80.7 Å². The van der Waals surface area contributed by atoms with E-state index in [0.29, 0.717) is 11.8 Å². The molecule has 0 radical (unpaired) electrons. The molecule has 30 heavy (non-hydrogen) atoms.